The van der Waals surface area contributed by atoms with Crippen LogP contribution in [0.25, 0.3) is 10.2 Å². The van der Waals surface area contributed by atoms with Gasteiger partial charge in [0, 0.05) is 13.0 Å². The molecule has 0 aliphatic rings. The first-order valence-electron chi connectivity index (χ1n) is 11.1. The Morgan fingerprint density at radius 3 is 2.48 bits per heavy atom. The Morgan fingerprint density at radius 1 is 1.03 bits per heavy atom. The average Bonchev–Trinajstić information content (AvgIpc) is 3.22. The second kappa shape index (κ2) is 11.6. The Bertz CT molecular complexity index is 1160. The SMILES string of the molecule is CCOc1cccc2sc(N(CCCN(C)C)C(=O)CCCS(=O)(=O)c3ccccc3)nc12. The molecule has 0 saturated carbocycles. The Hall–Kier alpha value is -2.49. The molecule has 0 aliphatic carbocycles. The molecular formula is C24H31N3O4S2. The van der Waals surface area contributed by atoms with Gasteiger partial charge in [-0.25, -0.2) is 13.4 Å². The molecule has 0 fully saturated rings. The van der Waals surface area contributed by atoms with Gasteiger partial charge in [0.1, 0.15) is 11.3 Å². The number of para-hydroxylation sites is 1. The molecule has 7 nitrogen and oxygen atoms in total. The van der Waals surface area contributed by atoms with Gasteiger partial charge in [0.15, 0.2) is 15.0 Å². The molecule has 178 valence electrons. The molecule has 9 heteroatoms. The number of sulfone groups is 1. The Labute approximate surface area is 199 Å². The van der Waals surface area contributed by atoms with Gasteiger partial charge < -0.3 is 9.64 Å². The molecular weight excluding hydrogens is 458 g/mol. The van der Waals surface area contributed by atoms with Crippen molar-refractivity contribution in [3.05, 3.63) is 48.5 Å². The van der Waals surface area contributed by atoms with Crippen molar-refractivity contribution in [1.82, 2.24) is 9.88 Å². The fourth-order valence-corrected chi connectivity index (χ4v) is 5.82. The van der Waals surface area contributed by atoms with Crippen LogP contribution in [0.15, 0.2) is 53.4 Å². The van der Waals surface area contributed by atoms with Crippen LogP contribution in [0, 0.1) is 0 Å². The van der Waals surface area contributed by atoms with E-state index in [0.29, 0.717) is 24.0 Å². The van der Waals surface area contributed by atoms with E-state index in [9.17, 15) is 13.2 Å². The first-order valence-corrected chi connectivity index (χ1v) is 13.5. The van der Waals surface area contributed by atoms with Gasteiger partial charge in [0.25, 0.3) is 0 Å². The number of ether oxygens (including phenoxy) is 1. The summed E-state index contributed by atoms with van der Waals surface area (Å²) < 4.78 is 31.8. The predicted molar refractivity (Wildman–Crippen MR) is 134 cm³/mol. The number of fused-ring (bicyclic) bond motifs is 1. The monoisotopic (exact) mass is 489 g/mol. The van der Waals surface area contributed by atoms with Crippen molar-refractivity contribution >= 4 is 42.4 Å². The standard InChI is InChI=1S/C24H31N3O4S2/c1-4-31-20-13-8-14-21-23(20)25-24(32-21)27(17-10-16-26(2)3)22(28)15-9-18-33(29,30)19-11-6-5-7-12-19/h5-8,11-14H,4,9-10,15-18H2,1-3H3. The number of hydrogen-bond donors (Lipinski definition) is 0. The quantitative estimate of drug-likeness (QED) is 0.379. The lowest BCUT2D eigenvalue weighted by Gasteiger charge is -2.21. The smallest absolute Gasteiger partial charge is 0.228 e. The van der Waals surface area contributed by atoms with Crippen LogP contribution in [0.3, 0.4) is 0 Å². The Morgan fingerprint density at radius 2 is 1.79 bits per heavy atom. The van der Waals surface area contributed by atoms with Crippen LogP contribution in [0.1, 0.15) is 26.2 Å². The molecule has 0 unspecified atom stereocenters. The van der Waals surface area contributed by atoms with Crippen LogP contribution < -0.4 is 9.64 Å². The zero-order valence-corrected chi connectivity index (χ0v) is 21.0. The second-order valence-corrected chi connectivity index (χ2v) is 11.1. The van der Waals surface area contributed by atoms with Gasteiger partial charge in [-0.1, -0.05) is 35.6 Å². The van der Waals surface area contributed by atoms with Crippen molar-refractivity contribution in [2.24, 2.45) is 0 Å². The first kappa shape index (κ1) is 25.1. The van der Waals surface area contributed by atoms with Crippen molar-refractivity contribution in [2.75, 3.05) is 44.4 Å². The van der Waals surface area contributed by atoms with Crippen molar-refractivity contribution in [3.63, 3.8) is 0 Å². The number of aromatic nitrogens is 1. The lowest BCUT2D eigenvalue weighted by molar-refractivity contribution is -0.118. The zero-order valence-electron chi connectivity index (χ0n) is 19.4. The summed E-state index contributed by atoms with van der Waals surface area (Å²) in [5.74, 6) is 0.518. The molecule has 1 heterocycles. The minimum atomic E-state index is -3.41. The van der Waals surface area contributed by atoms with E-state index >= 15 is 0 Å². The lowest BCUT2D eigenvalue weighted by atomic mass is 10.3. The van der Waals surface area contributed by atoms with Crippen molar-refractivity contribution in [2.45, 2.75) is 31.1 Å². The summed E-state index contributed by atoms with van der Waals surface area (Å²) in [6.45, 7) is 3.81. The number of anilines is 1. The van der Waals surface area contributed by atoms with E-state index < -0.39 is 9.84 Å². The third-order valence-corrected chi connectivity index (χ3v) is 7.96. The van der Waals surface area contributed by atoms with Crippen molar-refractivity contribution in [3.8, 4) is 5.75 Å². The van der Waals surface area contributed by atoms with Gasteiger partial charge in [0.2, 0.25) is 5.91 Å². The highest BCUT2D eigenvalue weighted by atomic mass is 32.2. The summed E-state index contributed by atoms with van der Waals surface area (Å²) in [4.78, 5) is 22.0. The molecule has 1 amide bonds. The molecule has 0 saturated heterocycles. The zero-order chi connectivity index (χ0) is 23.8. The van der Waals surface area contributed by atoms with Gasteiger partial charge >= 0.3 is 0 Å². The summed E-state index contributed by atoms with van der Waals surface area (Å²) in [6.07, 6.45) is 1.19. The maximum atomic E-state index is 13.2. The van der Waals surface area contributed by atoms with Gasteiger partial charge in [-0.3, -0.25) is 9.69 Å². The fourth-order valence-electron chi connectivity index (χ4n) is 3.47. The molecule has 0 N–H and O–H groups in total. The minimum Gasteiger partial charge on any atom is -0.492 e. The molecule has 0 spiro atoms. The number of rotatable bonds is 12. The number of benzene rings is 2. The number of carbonyl (C=O) groups excluding carboxylic acids is 1. The molecule has 2 aromatic carbocycles. The van der Waals surface area contributed by atoms with Crippen LogP contribution in [-0.4, -0.2) is 63.8 Å². The molecule has 33 heavy (non-hydrogen) atoms. The van der Waals surface area contributed by atoms with E-state index in [2.05, 4.69) is 4.90 Å². The molecule has 1 aromatic heterocycles. The van der Waals surface area contributed by atoms with E-state index in [1.807, 2.05) is 39.2 Å². The summed E-state index contributed by atoms with van der Waals surface area (Å²) in [7, 11) is 0.572. The molecule has 0 atom stereocenters. The molecule has 3 rings (SSSR count). The minimum absolute atomic E-state index is 0.0668. The van der Waals surface area contributed by atoms with Gasteiger partial charge in [-0.05, 0) is 64.7 Å². The van der Waals surface area contributed by atoms with E-state index in [0.717, 1.165) is 23.2 Å². The van der Waals surface area contributed by atoms with Gasteiger partial charge in [0.05, 0.1) is 22.0 Å². The molecule has 3 aromatic rings. The maximum Gasteiger partial charge on any atom is 0.228 e. The highest BCUT2D eigenvalue weighted by Crippen LogP contribution is 2.34. The summed E-state index contributed by atoms with van der Waals surface area (Å²) in [6, 6.07) is 14.1. The fraction of sp³-hybridized carbons (Fsp3) is 0.417. The molecule has 0 aliphatic heterocycles. The normalized spacial score (nSPS) is 11.8. The average molecular weight is 490 g/mol. The van der Waals surface area contributed by atoms with Gasteiger partial charge in [-0.15, -0.1) is 0 Å². The van der Waals surface area contributed by atoms with Crippen LogP contribution in [0.4, 0.5) is 5.13 Å². The summed E-state index contributed by atoms with van der Waals surface area (Å²) in [5, 5.41) is 0.617. The highest BCUT2D eigenvalue weighted by molar-refractivity contribution is 7.91. The lowest BCUT2D eigenvalue weighted by Crippen LogP contribution is -2.33. The highest BCUT2D eigenvalue weighted by Gasteiger charge is 2.22. The summed E-state index contributed by atoms with van der Waals surface area (Å²) >= 11 is 1.45. The van der Waals surface area contributed by atoms with Crippen molar-refractivity contribution in [1.29, 1.82) is 0 Å². The van der Waals surface area contributed by atoms with E-state index in [-0.39, 0.29) is 29.4 Å². The van der Waals surface area contributed by atoms with Crippen molar-refractivity contribution < 1.29 is 17.9 Å². The topological polar surface area (TPSA) is 79.8 Å². The molecule has 0 radical (unpaired) electrons. The van der Waals surface area contributed by atoms with Crippen LogP contribution in [-0.2, 0) is 14.6 Å². The number of thiazole rings is 1. The third-order valence-electron chi connectivity index (χ3n) is 5.10. The second-order valence-electron chi connectivity index (χ2n) is 7.97. The van der Waals surface area contributed by atoms with Crippen LogP contribution >= 0.6 is 11.3 Å². The largest absolute Gasteiger partial charge is 0.492 e. The predicted octanol–water partition coefficient (Wildman–Crippen LogP) is 4.23. The van der Waals surface area contributed by atoms with E-state index in [1.54, 1.807) is 35.2 Å². The van der Waals surface area contributed by atoms with E-state index in [1.165, 1.54) is 11.3 Å². The Kier molecular flexibility index (Phi) is 8.82. The number of amides is 1. The first-order chi connectivity index (χ1) is 15.8. The molecule has 0 bridgehead atoms. The number of nitrogens with zero attached hydrogens (tertiary/aromatic N) is 3. The van der Waals surface area contributed by atoms with Crippen LogP contribution in [0.2, 0.25) is 0 Å². The van der Waals surface area contributed by atoms with Crippen LogP contribution in [0.5, 0.6) is 5.75 Å². The van der Waals surface area contributed by atoms with Gasteiger partial charge in [-0.2, -0.15) is 0 Å². The number of hydrogen-bond acceptors (Lipinski definition) is 7. The number of carbonyl (C=O) groups is 1. The third kappa shape index (κ3) is 6.75. The summed E-state index contributed by atoms with van der Waals surface area (Å²) in [5.41, 5.74) is 0.747. The maximum absolute atomic E-state index is 13.2. The Balaban J connectivity index is 1.75. The van der Waals surface area contributed by atoms with E-state index in [4.69, 9.17) is 9.72 Å².